The van der Waals surface area contributed by atoms with E-state index in [-0.39, 0.29) is 6.61 Å². The zero-order valence-electron chi connectivity index (χ0n) is 17.6. The molecule has 0 aromatic heterocycles. The number of carbonyl (C=O) groups is 2. The van der Waals surface area contributed by atoms with Crippen molar-refractivity contribution >= 4 is 11.9 Å². The van der Waals surface area contributed by atoms with Crippen molar-refractivity contribution in [2.45, 2.75) is 51.5 Å². The highest BCUT2D eigenvalue weighted by atomic mass is 19.4. The van der Waals surface area contributed by atoms with Crippen molar-refractivity contribution < 1.29 is 32.2 Å². The lowest BCUT2D eigenvalue weighted by Crippen LogP contribution is -2.31. The number of carbonyl (C=O) groups excluding carboxylic acids is 2. The summed E-state index contributed by atoms with van der Waals surface area (Å²) in [5.41, 5.74) is -0.303. The summed E-state index contributed by atoms with van der Waals surface area (Å²) in [5, 5.41) is 0. The molecule has 2 rings (SSSR count). The van der Waals surface area contributed by atoms with Crippen molar-refractivity contribution in [3.05, 3.63) is 83.4 Å². The Morgan fingerprint density at radius 3 is 2.00 bits per heavy atom. The van der Waals surface area contributed by atoms with Crippen molar-refractivity contribution in [3.8, 4) is 0 Å². The van der Waals surface area contributed by atoms with Crippen molar-refractivity contribution in [1.29, 1.82) is 0 Å². The zero-order valence-corrected chi connectivity index (χ0v) is 17.6. The fourth-order valence-electron chi connectivity index (χ4n) is 2.80. The Kier molecular flexibility index (Phi) is 8.02. The summed E-state index contributed by atoms with van der Waals surface area (Å²) < 4.78 is 49.5. The summed E-state index contributed by atoms with van der Waals surface area (Å²) in [6.45, 7) is 4.78. The minimum atomic E-state index is -4.56. The van der Waals surface area contributed by atoms with Crippen LogP contribution in [0.25, 0.3) is 0 Å². The van der Waals surface area contributed by atoms with Gasteiger partial charge >= 0.3 is 18.1 Å². The molecule has 0 aliphatic rings. The molecule has 7 heteroatoms. The maximum absolute atomic E-state index is 13.0. The molecule has 0 aliphatic heterocycles. The number of hydrogen-bond acceptors (Lipinski definition) is 4. The van der Waals surface area contributed by atoms with Gasteiger partial charge in [0, 0.05) is 0 Å². The second-order valence-corrected chi connectivity index (χ2v) is 7.92. The standard InChI is InChI=1S/C24H25F3O4/c1-23(2,3)31-22(29)20(18-12-8-5-9-13-18)19(14-15-24(25,26)27)21(28)30-16-17-10-6-4-7-11-17/h4-14,20H,15-16H2,1-3H3/b19-14-/t20-/m0/s1. The maximum Gasteiger partial charge on any atom is 0.392 e. The lowest BCUT2D eigenvalue weighted by atomic mass is 9.90. The highest BCUT2D eigenvalue weighted by molar-refractivity contribution is 5.98. The van der Waals surface area contributed by atoms with Crippen LogP contribution in [0.2, 0.25) is 0 Å². The Morgan fingerprint density at radius 2 is 1.48 bits per heavy atom. The highest BCUT2D eigenvalue weighted by Gasteiger charge is 2.35. The van der Waals surface area contributed by atoms with Crippen LogP contribution in [0.15, 0.2) is 72.3 Å². The van der Waals surface area contributed by atoms with Gasteiger partial charge in [0.2, 0.25) is 0 Å². The third kappa shape index (κ3) is 8.28. The molecule has 4 nitrogen and oxygen atoms in total. The van der Waals surface area contributed by atoms with E-state index in [2.05, 4.69) is 0 Å². The quantitative estimate of drug-likeness (QED) is 0.412. The number of esters is 2. The monoisotopic (exact) mass is 434 g/mol. The normalized spacial score (nSPS) is 13.4. The van der Waals surface area contributed by atoms with E-state index >= 15 is 0 Å². The fraction of sp³-hybridized carbons (Fsp3) is 0.333. The Morgan fingerprint density at radius 1 is 0.935 bits per heavy atom. The molecule has 2 aromatic rings. The van der Waals surface area contributed by atoms with E-state index in [9.17, 15) is 22.8 Å². The number of alkyl halides is 3. The minimum absolute atomic E-state index is 0.140. The van der Waals surface area contributed by atoms with Gasteiger partial charge in [-0.05, 0) is 31.9 Å². The molecule has 31 heavy (non-hydrogen) atoms. The molecule has 1 atom stereocenters. The first-order chi connectivity index (χ1) is 14.5. The first-order valence-electron chi connectivity index (χ1n) is 9.72. The van der Waals surface area contributed by atoms with E-state index < -0.39 is 41.6 Å². The van der Waals surface area contributed by atoms with E-state index in [0.29, 0.717) is 17.2 Å². The van der Waals surface area contributed by atoms with Crippen LogP contribution in [0.4, 0.5) is 13.2 Å². The van der Waals surface area contributed by atoms with Crippen LogP contribution in [0, 0.1) is 0 Å². The predicted molar refractivity (Wildman–Crippen MR) is 110 cm³/mol. The summed E-state index contributed by atoms with van der Waals surface area (Å²) >= 11 is 0. The van der Waals surface area contributed by atoms with Gasteiger partial charge in [0.05, 0.1) is 12.0 Å². The molecule has 0 heterocycles. The molecule has 0 spiro atoms. The van der Waals surface area contributed by atoms with Crippen molar-refractivity contribution in [1.82, 2.24) is 0 Å². The van der Waals surface area contributed by atoms with Crippen LogP contribution in [0.5, 0.6) is 0 Å². The maximum atomic E-state index is 13.0. The first-order valence-corrected chi connectivity index (χ1v) is 9.72. The van der Waals surface area contributed by atoms with Gasteiger partial charge in [0.25, 0.3) is 0 Å². The predicted octanol–water partition coefficient (Wildman–Crippen LogP) is 5.73. The van der Waals surface area contributed by atoms with Crippen LogP contribution in [-0.4, -0.2) is 23.7 Å². The van der Waals surface area contributed by atoms with Crippen LogP contribution < -0.4 is 0 Å². The average molecular weight is 434 g/mol. The fourth-order valence-corrected chi connectivity index (χ4v) is 2.80. The van der Waals surface area contributed by atoms with E-state index in [1.54, 1.807) is 81.4 Å². The lowest BCUT2D eigenvalue weighted by Gasteiger charge is -2.25. The Hall–Kier alpha value is -3.09. The van der Waals surface area contributed by atoms with Crippen LogP contribution in [-0.2, 0) is 25.7 Å². The number of benzene rings is 2. The van der Waals surface area contributed by atoms with E-state index in [0.717, 1.165) is 0 Å². The van der Waals surface area contributed by atoms with Gasteiger partial charge in [-0.15, -0.1) is 0 Å². The van der Waals surface area contributed by atoms with Gasteiger partial charge in [0.15, 0.2) is 0 Å². The second-order valence-electron chi connectivity index (χ2n) is 7.92. The molecule has 0 fully saturated rings. The molecular weight excluding hydrogens is 409 g/mol. The van der Waals surface area contributed by atoms with E-state index in [4.69, 9.17) is 9.47 Å². The zero-order chi connectivity index (χ0) is 23.1. The summed E-state index contributed by atoms with van der Waals surface area (Å²) in [7, 11) is 0. The number of halogens is 3. The molecule has 0 saturated carbocycles. The minimum Gasteiger partial charge on any atom is -0.459 e. The van der Waals surface area contributed by atoms with Gasteiger partial charge in [-0.3, -0.25) is 4.79 Å². The van der Waals surface area contributed by atoms with Crippen LogP contribution in [0.3, 0.4) is 0 Å². The second kappa shape index (κ2) is 10.3. The largest absolute Gasteiger partial charge is 0.459 e. The number of allylic oxidation sites excluding steroid dienone is 1. The molecule has 166 valence electrons. The summed E-state index contributed by atoms with van der Waals surface area (Å²) in [5.74, 6) is -3.19. The number of ether oxygens (including phenoxy) is 2. The van der Waals surface area contributed by atoms with Gasteiger partial charge in [-0.25, -0.2) is 4.79 Å². The summed E-state index contributed by atoms with van der Waals surface area (Å²) in [6, 6.07) is 16.8. The van der Waals surface area contributed by atoms with Crippen LogP contribution in [0.1, 0.15) is 44.2 Å². The van der Waals surface area contributed by atoms with Gasteiger partial charge < -0.3 is 9.47 Å². The van der Waals surface area contributed by atoms with Crippen molar-refractivity contribution in [2.24, 2.45) is 0 Å². The smallest absolute Gasteiger partial charge is 0.392 e. The van der Waals surface area contributed by atoms with E-state index in [1.165, 1.54) is 0 Å². The molecule has 0 amide bonds. The molecule has 0 N–H and O–H groups in total. The summed E-state index contributed by atoms with van der Waals surface area (Å²) in [6.07, 6.45) is -5.23. The van der Waals surface area contributed by atoms with Gasteiger partial charge in [-0.2, -0.15) is 13.2 Å². The number of hydrogen-bond donors (Lipinski definition) is 0. The highest BCUT2D eigenvalue weighted by Crippen LogP contribution is 2.31. The Balaban J connectivity index is 2.42. The molecular formula is C24H25F3O4. The summed E-state index contributed by atoms with van der Waals surface area (Å²) in [4.78, 5) is 25.8. The van der Waals surface area contributed by atoms with E-state index in [1.807, 2.05) is 0 Å². The Labute approximate surface area is 179 Å². The Bertz CT molecular complexity index is 898. The van der Waals surface area contributed by atoms with Gasteiger partial charge in [-0.1, -0.05) is 66.7 Å². The molecule has 0 aliphatic carbocycles. The molecule has 0 radical (unpaired) electrons. The van der Waals surface area contributed by atoms with Crippen LogP contribution >= 0.6 is 0 Å². The topological polar surface area (TPSA) is 52.6 Å². The lowest BCUT2D eigenvalue weighted by molar-refractivity contribution is -0.157. The molecule has 2 aromatic carbocycles. The third-order valence-corrected chi connectivity index (χ3v) is 4.09. The molecule has 0 saturated heterocycles. The number of rotatable bonds is 7. The third-order valence-electron chi connectivity index (χ3n) is 4.09. The molecule has 0 unspecified atom stereocenters. The average Bonchev–Trinajstić information content (AvgIpc) is 2.68. The SMILES string of the molecule is CC(C)(C)OC(=O)[C@H](/C(=C/CC(F)(F)F)C(=O)OCc1ccccc1)c1ccccc1. The molecule has 0 bridgehead atoms. The first kappa shape index (κ1) is 24.2. The van der Waals surface area contributed by atoms with Crippen molar-refractivity contribution in [3.63, 3.8) is 0 Å². The van der Waals surface area contributed by atoms with Gasteiger partial charge in [0.1, 0.15) is 18.1 Å². The van der Waals surface area contributed by atoms with Crippen molar-refractivity contribution in [2.75, 3.05) is 0 Å².